The molecule has 96 valence electrons. The molecule has 4 heteroatoms. The first-order valence-corrected chi connectivity index (χ1v) is 6.31. The number of aliphatic hydroxyl groups excluding tert-OH is 1. The van der Waals surface area contributed by atoms with Gasteiger partial charge in [-0.05, 0) is 32.7 Å². The standard InChI is InChI=1S/C12H26N2O2/c1-3-14(7-6-12(2,13)10-15)9-11-5-4-8-16-11/h11,15H,3-10,13H2,1-2H3. The van der Waals surface area contributed by atoms with E-state index in [1.165, 1.54) is 12.8 Å². The van der Waals surface area contributed by atoms with Gasteiger partial charge >= 0.3 is 0 Å². The van der Waals surface area contributed by atoms with Crippen molar-refractivity contribution in [3.8, 4) is 0 Å². The summed E-state index contributed by atoms with van der Waals surface area (Å²) >= 11 is 0. The molecule has 0 amide bonds. The maximum absolute atomic E-state index is 9.10. The fraction of sp³-hybridized carbons (Fsp3) is 1.00. The molecule has 1 rings (SSSR count). The Balaban J connectivity index is 2.25. The normalized spacial score (nSPS) is 24.9. The van der Waals surface area contributed by atoms with E-state index >= 15 is 0 Å². The maximum atomic E-state index is 9.10. The summed E-state index contributed by atoms with van der Waals surface area (Å²) in [5.41, 5.74) is 5.46. The van der Waals surface area contributed by atoms with Crippen molar-refractivity contribution in [2.45, 2.75) is 44.8 Å². The van der Waals surface area contributed by atoms with E-state index in [0.717, 1.165) is 32.7 Å². The SMILES string of the molecule is CCN(CCC(C)(N)CO)CC1CCCO1. The smallest absolute Gasteiger partial charge is 0.0702 e. The molecule has 0 spiro atoms. The van der Waals surface area contributed by atoms with E-state index < -0.39 is 5.54 Å². The Kier molecular flexibility index (Phi) is 5.69. The average molecular weight is 230 g/mol. The molecule has 0 radical (unpaired) electrons. The van der Waals surface area contributed by atoms with E-state index in [0.29, 0.717) is 6.10 Å². The Morgan fingerprint density at radius 1 is 1.56 bits per heavy atom. The van der Waals surface area contributed by atoms with Crippen LogP contribution in [0.1, 0.15) is 33.1 Å². The minimum atomic E-state index is -0.454. The Bertz CT molecular complexity index is 191. The second-order valence-corrected chi connectivity index (χ2v) is 5.09. The lowest BCUT2D eigenvalue weighted by Gasteiger charge is -2.28. The van der Waals surface area contributed by atoms with Crippen LogP contribution in [0.25, 0.3) is 0 Å². The number of ether oxygens (including phenoxy) is 1. The van der Waals surface area contributed by atoms with E-state index in [1.54, 1.807) is 0 Å². The first-order valence-electron chi connectivity index (χ1n) is 6.31. The van der Waals surface area contributed by atoms with Crippen LogP contribution in [0.3, 0.4) is 0 Å². The summed E-state index contributed by atoms with van der Waals surface area (Å²) in [6, 6.07) is 0. The van der Waals surface area contributed by atoms with Crippen LogP contribution >= 0.6 is 0 Å². The highest BCUT2D eigenvalue weighted by molar-refractivity contribution is 4.79. The van der Waals surface area contributed by atoms with Gasteiger partial charge in [0.2, 0.25) is 0 Å². The predicted octanol–water partition coefficient (Wildman–Crippen LogP) is 0.587. The summed E-state index contributed by atoms with van der Waals surface area (Å²) in [4.78, 5) is 2.36. The molecule has 3 N–H and O–H groups in total. The number of likely N-dealkylation sites (N-methyl/N-ethyl adjacent to an activating group) is 1. The summed E-state index contributed by atoms with van der Waals surface area (Å²) in [5, 5.41) is 9.10. The van der Waals surface area contributed by atoms with Gasteiger partial charge < -0.3 is 20.5 Å². The van der Waals surface area contributed by atoms with E-state index in [-0.39, 0.29) is 6.61 Å². The van der Waals surface area contributed by atoms with Crippen LogP contribution in [0.2, 0.25) is 0 Å². The monoisotopic (exact) mass is 230 g/mol. The lowest BCUT2D eigenvalue weighted by Crippen LogP contribution is -2.44. The van der Waals surface area contributed by atoms with E-state index in [4.69, 9.17) is 15.6 Å². The zero-order chi connectivity index (χ0) is 12.0. The van der Waals surface area contributed by atoms with Crippen LogP contribution in [0.5, 0.6) is 0 Å². The zero-order valence-corrected chi connectivity index (χ0v) is 10.6. The van der Waals surface area contributed by atoms with Gasteiger partial charge in [0.1, 0.15) is 0 Å². The molecular weight excluding hydrogens is 204 g/mol. The molecule has 1 heterocycles. The fourth-order valence-corrected chi connectivity index (χ4v) is 1.95. The van der Waals surface area contributed by atoms with Gasteiger partial charge in [-0.1, -0.05) is 6.92 Å². The predicted molar refractivity (Wildman–Crippen MR) is 65.4 cm³/mol. The molecule has 1 aliphatic rings. The van der Waals surface area contributed by atoms with Crippen LogP contribution in [-0.4, -0.2) is 54.5 Å². The topological polar surface area (TPSA) is 58.7 Å². The third-order valence-corrected chi connectivity index (χ3v) is 3.29. The molecule has 0 aromatic carbocycles. The summed E-state index contributed by atoms with van der Waals surface area (Å²) in [7, 11) is 0. The molecule has 0 bridgehead atoms. The minimum Gasteiger partial charge on any atom is -0.394 e. The second kappa shape index (κ2) is 6.55. The largest absolute Gasteiger partial charge is 0.394 e. The fourth-order valence-electron chi connectivity index (χ4n) is 1.95. The van der Waals surface area contributed by atoms with Crippen molar-refractivity contribution < 1.29 is 9.84 Å². The highest BCUT2D eigenvalue weighted by Crippen LogP contribution is 2.14. The van der Waals surface area contributed by atoms with E-state index in [1.807, 2.05) is 6.92 Å². The third-order valence-electron chi connectivity index (χ3n) is 3.29. The quantitative estimate of drug-likeness (QED) is 0.672. The van der Waals surface area contributed by atoms with Gasteiger partial charge in [-0.2, -0.15) is 0 Å². The van der Waals surface area contributed by atoms with E-state index in [9.17, 15) is 0 Å². The Morgan fingerprint density at radius 3 is 2.81 bits per heavy atom. The lowest BCUT2D eigenvalue weighted by atomic mass is 10.0. The minimum absolute atomic E-state index is 0.0461. The summed E-state index contributed by atoms with van der Waals surface area (Å²) < 4.78 is 5.62. The van der Waals surface area contributed by atoms with Gasteiger partial charge in [0.05, 0.1) is 12.7 Å². The third kappa shape index (κ3) is 4.78. The maximum Gasteiger partial charge on any atom is 0.0702 e. The zero-order valence-electron chi connectivity index (χ0n) is 10.6. The molecule has 16 heavy (non-hydrogen) atoms. The molecule has 1 aliphatic heterocycles. The van der Waals surface area contributed by atoms with Crippen LogP contribution in [0.15, 0.2) is 0 Å². The number of aliphatic hydroxyl groups is 1. The van der Waals surface area contributed by atoms with Crippen LogP contribution < -0.4 is 5.73 Å². The number of hydrogen-bond acceptors (Lipinski definition) is 4. The lowest BCUT2D eigenvalue weighted by molar-refractivity contribution is 0.0705. The second-order valence-electron chi connectivity index (χ2n) is 5.09. The molecule has 0 aromatic heterocycles. The Morgan fingerprint density at radius 2 is 2.31 bits per heavy atom. The Labute approximate surface area is 98.8 Å². The van der Waals surface area contributed by atoms with Gasteiger partial charge in [-0.15, -0.1) is 0 Å². The highest BCUT2D eigenvalue weighted by Gasteiger charge is 2.21. The van der Waals surface area contributed by atoms with Crippen molar-refractivity contribution in [2.24, 2.45) is 5.73 Å². The van der Waals surface area contributed by atoms with Crippen molar-refractivity contribution in [3.05, 3.63) is 0 Å². The van der Waals surface area contributed by atoms with Gasteiger partial charge in [-0.3, -0.25) is 0 Å². The van der Waals surface area contributed by atoms with Crippen molar-refractivity contribution in [1.82, 2.24) is 4.90 Å². The molecule has 4 nitrogen and oxygen atoms in total. The van der Waals surface area contributed by atoms with Crippen LogP contribution in [0.4, 0.5) is 0 Å². The van der Waals surface area contributed by atoms with Crippen molar-refractivity contribution in [2.75, 3.05) is 32.8 Å². The molecule has 0 saturated carbocycles. The average Bonchev–Trinajstić information content (AvgIpc) is 2.77. The van der Waals surface area contributed by atoms with Gasteiger partial charge in [0.15, 0.2) is 0 Å². The first kappa shape index (κ1) is 13.9. The molecule has 2 unspecified atom stereocenters. The molecule has 0 aliphatic carbocycles. The van der Waals surface area contributed by atoms with Crippen molar-refractivity contribution >= 4 is 0 Å². The van der Waals surface area contributed by atoms with Gasteiger partial charge in [0.25, 0.3) is 0 Å². The highest BCUT2D eigenvalue weighted by atomic mass is 16.5. The molecule has 1 fully saturated rings. The number of nitrogens with two attached hydrogens (primary N) is 1. The van der Waals surface area contributed by atoms with Crippen LogP contribution in [0, 0.1) is 0 Å². The number of nitrogens with zero attached hydrogens (tertiary/aromatic N) is 1. The van der Waals surface area contributed by atoms with Gasteiger partial charge in [0, 0.05) is 25.2 Å². The van der Waals surface area contributed by atoms with E-state index in [2.05, 4.69) is 11.8 Å². The molecular formula is C12H26N2O2. The number of hydrogen-bond donors (Lipinski definition) is 2. The summed E-state index contributed by atoms with van der Waals surface area (Å²) in [5.74, 6) is 0. The number of rotatable bonds is 7. The molecule has 0 aromatic rings. The first-order chi connectivity index (χ1) is 7.57. The Hall–Kier alpha value is -0.160. The summed E-state index contributed by atoms with van der Waals surface area (Å²) in [6.45, 7) is 7.95. The van der Waals surface area contributed by atoms with Crippen molar-refractivity contribution in [1.29, 1.82) is 0 Å². The molecule has 2 atom stereocenters. The summed E-state index contributed by atoms with van der Waals surface area (Å²) in [6.07, 6.45) is 3.59. The van der Waals surface area contributed by atoms with Crippen LogP contribution in [-0.2, 0) is 4.74 Å². The van der Waals surface area contributed by atoms with Crippen molar-refractivity contribution in [3.63, 3.8) is 0 Å². The molecule has 1 saturated heterocycles. The van der Waals surface area contributed by atoms with Gasteiger partial charge in [-0.25, -0.2) is 0 Å².